The number of rotatable bonds is 4. The molecule has 0 saturated heterocycles. The van der Waals surface area contributed by atoms with Crippen molar-refractivity contribution in [3.63, 3.8) is 0 Å². The summed E-state index contributed by atoms with van der Waals surface area (Å²) in [5, 5.41) is 23.3. The first-order valence-corrected chi connectivity index (χ1v) is 7.50. The number of nitro benzene ring substituents is 1. The topological polar surface area (TPSA) is 108 Å². The SMILES string of the molecule is COC(=O)c1cc(O)c(OC)c2c1c([N+](=O)[O-])cc1c(OC)cccc12. The van der Waals surface area contributed by atoms with Gasteiger partial charge in [0.25, 0.3) is 5.69 Å². The number of nitrogens with zero attached hydrogens (tertiary/aromatic N) is 1. The fourth-order valence-corrected chi connectivity index (χ4v) is 3.09. The number of carbonyl (C=O) groups excluding carboxylic acids is 1. The number of nitro groups is 1. The molecule has 0 atom stereocenters. The number of carbonyl (C=O) groups is 1. The van der Waals surface area contributed by atoms with Gasteiger partial charge in [-0.2, -0.15) is 0 Å². The van der Waals surface area contributed by atoms with E-state index in [0.29, 0.717) is 16.5 Å². The molecule has 0 saturated carbocycles. The third-order valence-electron chi connectivity index (χ3n) is 4.16. The minimum Gasteiger partial charge on any atom is -0.504 e. The molecule has 26 heavy (non-hydrogen) atoms. The van der Waals surface area contributed by atoms with Gasteiger partial charge in [-0.15, -0.1) is 0 Å². The van der Waals surface area contributed by atoms with Gasteiger partial charge in [0.1, 0.15) is 5.75 Å². The van der Waals surface area contributed by atoms with Crippen molar-refractivity contribution < 1.29 is 29.0 Å². The van der Waals surface area contributed by atoms with E-state index in [1.165, 1.54) is 20.3 Å². The standard InChI is InChI=1S/C18H15NO7/c1-24-14-6-4-5-9-10(14)7-12(19(22)23)15-11(18(21)26-3)8-13(20)17(25-2)16(9)15/h4-8,20H,1-3H3. The lowest BCUT2D eigenvalue weighted by Crippen LogP contribution is -2.05. The Morgan fingerprint density at radius 3 is 2.38 bits per heavy atom. The Hall–Kier alpha value is -3.55. The highest BCUT2D eigenvalue weighted by molar-refractivity contribution is 6.22. The average Bonchev–Trinajstić information content (AvgIpc) is 2.65. The number of phenols is 1. The van der Waals surface area contributed by atoms with E-state index in [1.54, 1.807) is 18.2 Å². The summed E-state index contributed by atoms with van der Waals surface area (Å²) in [7, 11) is 3.94. The third-order valence-corrected chi connectivity index (χ3v) is 4.16. The van der Waals surface area contributed by atoms with Crippen molar-refractivity contribution in [2.45, 2.75) is 0 Å². The van der Waals surface area contributed by atoms with Crippen LogP contribution in [0.15, 0.2) is 30.3 Å². The number of benzene rings is 3. The van der Waals surface area contributed by atoms with E-state index >= 15 is 0 Å². The van der Waals surface area contributed by atoms with Crippen molar-refractivity contribution >= 4 is 33.2 Å². The highest BCUT2D eigenvalue weighted by Gasteiger charge is 2.27. The Bertz CT molecular complexity index is 1060. The highest BCUT2D eigenvalue weighted by Crippen LogP contribution is 2.46. The number of aromatic hydroxyl groups is 1. The predicted octanol–water partition coefficient (Wildman–Crippen LogP) is 3.41. The van der Waals surface area contributed by atoms with Gasteiger partial charge in [0.2, 0.25) is 0 Å². The Morgan fingerprint density at radius 2 is 1.81 bits per heavy atom. The number of ether oxygens (including phenoxy) is 3. The molecule has 0 amide bonds. The molecule has 0 unspecified atom stereocenters. The second-order valence-electron chi connectivity index (χ2n) is 5.43. The van der Waals surface area contributed by atoms with Crippen LogP contribution < -0.4 is 9.47 Å². The lowest BCUT2D eigenvalue weighted by molar-refractivity contribution is -0.383. The number of hydrogen-bond acceptors (Lipinski definition) is 7. The number of hydrogen-bond donors (Lipinski definition) is 1. The normalized spacial score (nSPS) is 10.7. The molecular weight excluding hydrogens is 342 g/mol. The van der Waals surface area contributed by atoms with Crippen LogP contribution in [0.1, 0.15) is 10.4 Å². The van der Waals surface area contributed by atoms with Gasteiger partial charge in [-0.3, -0.25) is 10.1 Å². The lowest BCUT2D eigenvalue weighted by atomic mass is 9.94. The molecule has 0 radical (unpaired) electrons. The number of non-ortho nitro benzene ring substituents is 1. The molecular formula is C18H15NO7. The first kappa shape index (κ1) is 17.3. The molecule has 0 aliphatic carbocycles. The molecule has 0 aromatic heterocycles. The smallest absolute Gasteiger partial charge is 0.338 e. The summed E-state index contributed by atoms with van der Waals surface area (Å²) in [4.78, 5) is 23.3. The Morgan fingerprint density at radius 1 is 1.08 bits per heavy atom. The van der Waals surface area contributed by atoms with Crippen LogP contribution in [0.5, 0.6) is 17.2 Å². The van der Waals surface area contributed by atoms with Gasteiger partial charge >= 0.3 is 5.97 Å². The maximum Gasteiger partial charge on any atom is 0.338 e. The van der Waals surface area contributed by atoms with Gasteiger partial charge in [-0.25, -0.2) is 4.79 Å². The number of esters is 1. The Labute approximate surface area is 147 Å². The summed E-state index contributed by atoms with van der Waals surface area (Å²) in [5.41, 5.74) is -0.451. The minimum atomic E-state index is -0.807. The zero-order valence-electron chi connectivity index (χ0n) is 14.2. The van der Waals surface area contributed by atoms with Gasteiger partial charge in [-0.05, 0) is 17.5 Å². The van der Waals surface area contributed by atoms with E-state index in [1.807, 2.05) is 0 Å². The van der Waals surface area contributed by atoms with Crippen molar-refractivity contribution in [1.29, 1.82) is 0 Å². The zero-order chi connectivity index (χ0) is 19.0. The summed E-state index contributed by atoms with van der Waals surface area (Å²) in [5.74, 6) is -0.699. The van der Waals surface area contributed by atoms with E-state index in [0.717, 1.165) is 13.2 Å². The molecule has 1 N–H and O–H groups in total. The van der Waals surface area contributed by atoms with Crippen molar-refractivity contribution in [2.24, 2.45) is 0 Å². The molecule has 3 rings (SSSR count). The Balaban J connectivity index is 2.70. The fraction of sp³-hybridized carbons (Fsp3) is 0.167. The van der Waals surface area contributed by atoms with Crippen LogP contribution >= 0.6 is 0 Å². The number of fused-ring (bicyclic) bond motifs is 3. The molecule has 3 aromatic rings. The molecule has 0 fully saturated rings. The van der Waals surface area contributed by atoms with Crippen molar-refractivity contribution in [3.05, 3.63) is 46.0 Å². The largest absolute Gasteiger partial charge is 0.504 e. The molecule has 8 heteroatoms. The molecule has 0 spiro atoms. The van der Waals surface area contributed by atoms with Gasteiger partial charge in [0.15, 0.2) is 11.5 Å². The summed E-state index contributed by atoms with van der Waals surface area (Å²) in [6.45, 7) is 0. The molecule has 0 aliphatic heterocycles. The quantitative estimate of drug-likeness (QED) is 0.330. The minimum absolute atomic E-state index is 0.0228. The molecule has 8 nitrogen and oxygen atoms in total. The number of methoxy groups -OCH3 is 3. The van der Waals surface area contributed by atoms with Crippen LogP contribution in [0.25, 0.3) is 21.5 Å². The summed E-state index contributed by atoms with van der Waals surface area (Å²) in [6, 6.07) is 7.50. The number of phenolic OH excluding ortho intramolecular Hbond substituents is 1. The van der Waals surface area contributed by atoms with Gasteiger partial charge in [-0.1, -0.05) is 12.1 Å². The average molecular weight is 357 g/mol. The first-order valence-electron chi connectivity index (χ1n) is 7.50. The van der Waals surface area contributed by atoms with E-state index in [9.17, 15) is 20.0 Å². The van der Waals surface area contributed by atoms with Crippen LogP contribution in [-0.2, 0) is 4.74 Å². The molecule has 134 valence electrons. The fourth-order valence-electron chi connectivity index (χ4n) is 3.09. The maximum atomic E-state index is 12.2. The van der Waals surface area contributed by atoms with Crippen LogP contribution in [0.3, 0.4) is 0 Å². The van der Waals surface area contributed by atoms with Crippen molar-refractivity contribution in [1.82, 2.24) is 0 Å². The van der Waals surface area contributed by atoms with E-state index < -0.39 is 10.9 Å². The van der Waals surface area contributed by atoms with E-state index in [4.69, 9.17) is 14.2 Å². The monoisotopic (exact) mass is 357 g/mol. The van der Waals surface area contributed by atoms with Crippen molar-refractivity contribution in [3.8, 4) is 17.2 Å². The molecule has 0 aliphatic rings. The summed E-state index contributed by atoms with van der Waals surface area (Å²) in [6.07, 6.45) is 0. The van der Waals surface area contributed by atoms with Gasteiger partial charge < -0.3 is 19.3 Å². The van der Waals surface area contributed by atoms with E-state index in [-0.39, 0.29) is 33.5 Å². The molecule has 3 aromatic carbocycles. The lowest BCUT2D eigenvalue weighted by Gasteiger charge is -2.15. The Kier molecular flexibility index (Phi) is 4.25. The summed E-state index contributed by atoms with van der Waals surface area (Å²) < 4.78 is 15.3. The van der Waals surface area contributed by atoms with Gasteiger partial charge in [0, 0.05) is 16.8 Å². The highest BCUT2D eigenvalue weighted by atomic mass is 16.6. The van der Waals surface area contributed by atoms with Crippen LogP contribution in [-0.4, -0.2) is 37.3 Å². The molecule has 0 heterocycles. The maximum absolute atomic E-state index is 12.2. The van der Waals surface area contributed by atoms with Gasteiger partial charge in [0.05, 0.1) is 37.2 Å². The molecule has 0 bridgehead atoms. The van der Waals surface area contributed by atoms with Crippen LogP contribution in [0.2, 0.25) is 0 Å². The van der Waals surface area contributed by atoms with Crippen LogP contribution in [0, 0.1) is 10.1 Å². The van der Waals surface area contributed by atoms with Crippen molar-refractivity contribution in [2.75, 3.05) is 21.3 Å². The third kappa shape index (κ3) is 2.43. The zero-order valence-corrected chi connectivity index (χ0v) is 14.2. The second kappa shape index (κ2) is 6.40. The second-order valence-corrected chi connectivity index (χ2v) is 5.43. The summed E-state index contributed by atoms with van der Waals surface area (Å²) >= 11 is 0. The first-order chi connectivity index (χ1) is 12.4. The predicted molar refractivity (Wildman–Crippen MR) is 94.2 cm³/mol. The van der Waals surface area contributed by atoms with E-state index in [2.05, 4.69) is 0 Å². The van der Waals surface area contributed by atoms with Crippen LogP contribution in [0.4, 0.5) is 5.69 Å².